The second kappa shape index (κ2) is 3.28. The monoisotopic (exact) mass is 170 g/mol. The maximum atomic E-state index is 5.06. The van der Waals surface area contributed by atoms with Crippen LogP contribution in [0, 0.1) is 0 Å². The zero-order valence-electron chi connectivity index (χ0n) is 6.12. The van der Waals surface area contributed by atoms with Crippen molar-refractivity contribution in [2.45, 2.75) is 5.25 Å². The topological polar surface area (TPSA) is 38.1 Å². The molecule has 1 aliphatic heterocycles. The summed E-state index contributed by atoms with van der Waals surface area (Å²) in [5.41, 5.74) is 0. The van der Waals surface area contributed by atoms with Crippen molar-refractivity contribution in [2.75, 3.05) is 18.8 Å². The highest BCUT2D eigenvalue weighted by Gasteiger charge is 2.18. The molecule has 1 N–H and O–H groups in total. The van der Waals surface area contributed by atoms with E-state index in [-0.39, 0.29) is 0 Å². The van der Waals surface area contributed by atoms with Crippen molar-refractivity contribution in [1.29, 1.82) is 0 Å². The first-order valence-electron chi connectivity index (χ1n) is 3.70. The van der Waals surface area contributed by atoms with Gasteiger partial charge < -0.3 is 9.84 Å². The summed E-state index contributed by atoms with van der Waals surface area (Å²) in [5, 5.41) is 7.46. The molecule has 0 amide bonds. The quantitative estimate of drug-likeness (QED) is 0.683. The predicted molar refractivity (Wildman–Crippen MR) is 44.6 cm³/mol. The minimum absolute atomic E-state index is 0.464. The zero-order chi connectivity index (χ0) is 7.52. The summed E-state index contributed by atoms with van der Waals surface area (Å²) >= 11 is 1.92. The van der Waals surface area contributed by atoms with Gasteiger partial charge in [0.1, 0.15) is 0 Å². The third-order valence-corrected chi connectivity index (χ3v) is 2.94. The smallest absolute Gasteiger partial charge is 0.150 e. The van der Waals surface area contributed by atoms with Crippen molar-refractivity contribution in [3.05, 3.63) is 18.0 Å². The SMILES string of the molecule is c1cc(C2CNCCS2)on1. The molecule has 0 radical (unpaired) electrons. The van der Waals surface area contributed by atoms with Crippen LogP contribution in [0.1, 0.15) is 11.0 Å². The molecule has 1 aliphatic rings. The number of hydrogen-bond donors (Lipinski definition) is 1. The molecule has 0 aromatic carbocycles. The molecular formula is C7H10N2OS. The van der Waals surface area contributed by atoms with E-state index in [1.807, 2.05) is 17.8 Å². The lowest BCUT2D eigenvalue weighted by Gasteiger charge is -2.19. The maximum Gasteiger partial charge on any atom is 0.150 e. The second-order valence-corrected chi connectivity index (χ2v) is 3.79. The molecule has 11 heavy (non-hydrogen) atoms. The predicted octanol–water partition coefficient (Wildman–Crippen LogP) is 1.05. The lowest BCUT2D eigenvalue weighted by atomic mass is 10.3. The van der Waals surface area contributed by atoms with Gasteiger partial charge in [0.2, 0.25) is 0 Å². The fraction of sp³-hybridized carbons (Fsp3) is 0.571. The van der Waals surface area contributed by atoms with E-state index < -0.39 is 0 Å². The van der Waals surface area contributed by atoms with E-state index in [2.05, 4.69) is 10.5 Å². The Morgan fingerprint density at radius 2 is 2.73 bits per heavy atom. The molecule has 4 heteroatoms. The van der Waals surface area contributed by atoms with E-state index in [1.54, 1.807) is 6.20 Å². The van der Waals surface area contributed by atoms with Crippen molar-refractivity contribution in [3.8, 4) is 0 Å². The van der Waals surface area contributed by atoms with E-state index in [4.69, 9.17) is 4.52 Å². The largest absolute Gasteiger partial charge is 0.360 e. The Hall–Kier alpha value is -0.480. The molecule has 1 fully saturated rings. The van der Waals surface area contributed by atoms with Gasteiger partial charge in [0.25, 0.3) is 0 Å². The van der Waals surface area contributed by atoms with E-state index in [9.17, 15) is 0 Å². The van der Waals surface area contributed by atoms with Gasteiger partial charge in [0, 0.05) is 24.9 Å². The Bertz CT molecular complexity index is 206. The third-order valence-electron chi connectivity index (χ3n) is 1.70. The summed E-state index contributed by atoms with van der Waals surface area (Å²) in [7, 11) is 0. The lowest BCUT2D eigenvalue weighted by molar-refractivity contribution is 0.378. The second-order valence-electron chi connectivity index (χ2n) is 2.48. The Kier molecular flexibility index (Phi) is 2.14. The minimum Gasteiger partial charge on any atom is -0.360 e. The molecule has 3 nitrogen and oxygen atoms in total. The van der Waals surface area contributed by atoms with Gasteiger partial charge in [-0.15, -0.1) is 11.8 Å². The number of thioether (sulfide) groups is 1. The average molecular weight is 170 g/mol. The Morgan fingerprint density at radius 3 is 3.36 bits per heavy atom. The van der Waals surface area contributed by atoms with Crippen LogP contribution in [0.2, 0.25) is 0 Å². The summed E-state index contributed by atoms with van der Waals surface area (Å²) < 4.78 is 5.06. The van der Waals surface area contributed by atoms with Gasteiger partial charge in [0.15, 0.2) is 5.76 Å². The molecule has 60 valence electrons. The molecule has 1 saturated heterocycles. The molecule has 0 bridgehead atoms. The first-order chi connectivity index (χ1) is 5.47. The van der Waals surface area contributed by atoms with Gasteiger partial charge in [-0.3, -0.25) is 0 Å². The van der Waals surface area contributed by atoms with Gasteiger partial charge >= 0.3 is 0 Å². The zero-order valence-corrected chi connectivity index (χ0v) is 6.93. The standard InChI is InChI=1S/C7H10N2OS/c1-2-9-10-6(1)7-5-8-3-4-11-7/h1-2,7-8H,3-5H2. The first kappa shape index (κ1) is 7.18. The van der Waals surface area contributed by atoms with Crippen LogP contribution in [0.25, 0.3) is 0 Å². The maximum absolute atomic E-state index is 5.06. The molecule has 1 aromatic heterocycles. The van der Waals surface area contributed by atoms with Crippen LogP contribution in [0.4, 0.5) is 0 Å². The molecule has 1 unspecified atom stereocenters. The van der Waals surface area contributed by atoms with Gasteiger partial charge in [-0.1, -0.05) is 5.16 Å². The molecular weight excluding hydrogens is 160 g/mol. The summed E-state index contributed by atoms with van der Waals surface area (Å²) in [6.45, 7) is 2.11. The fourth-order valence-electron chi connectivity index (χ4n) is 1.14. The van der Waals surface area contributed by atoms with Crippen LogP contribution in [0.15, 0.2) is 16.8 Å². The summed E-state index contributed by atoms with van der Waals surface area (Å²) in [4.78, 5) is 0. The van der Waals surface area contributed by atoms with Crippen molar-refractivity contribution in [3.63, 3.8) is 0 Å². The molecule has 1 atom stereocenters. The highest BCUT2D eigenvalue weighted by molar-refractivity contribution is 7.99. The van der Waals surface area contributed by atoms with Crippen LogP contribution in [0.5, 0.6) is 0 Å². The number of hydrogen-bond acceptors (Lipinski definition) is 4. The highest BCUT2D eigenvalue weighted by atomic mass is 32.2. The van der Waals surface area contributed by atoms with Crippen molar-refractivity contribution >= 4 is 11.8 Å². The number of rotatable bonds is 1. The van der Waals surface area contributed by atoms with Crippen molar-refractivity contribution in [1.82, 2.24) is 10.5 Å². The van der Waals surface area contributed by atoms with Crippen molar-refractivity contribution in [2.24, 2.45) is 0 Å². The number of nitrogens with one attached hydrogen (secondary N) is 1. The Balaban J connectivity index is 2.04. The Labute approximate surface area is 69.5 Å². The van der Waals surface area contributed by atoms with Crippen LogP contribution < -0.4 is 5.32 Å². The molecule has 1 aromatic rings. The summed E-state index contributed by atoms with van der Waals surface area (Å²) in [6, 6.07) is 1.94. The fourth-order valence-corrected chi connectivity index (χ4v) is 2.21. The summed E-state index contributed by atoms with van der Waals surface area (Å²) in [6.07, 6.45) is 1.70. The molecule has 2 rings (SSSR count). The average Bonchev–Trinajstić information content (AvgIpc) is 2.58. The summed E-state index contributed by atoms with van der Waals surface area (Å²) in [5.74, 6) is 2.15. The lowest BCUT2D eigenvalue weighted by Crippen LogP contribution is -2.27. The van der Waals surface area contributed by atoms with Crippen LogP contribution >= 0.6 is 11.8 Å². The van der Waals surface area contributed by atoms with Crippen LogP contribution in [-0.4, -0.2) is 24.0 Å². The number of nitrogens with zero attached hydrogens (tertiary/aromatic N) is 1. The first-order valence-corrected chi connectivity index (χ1v) is 4.74. The van der Waals surface area contributed by atoms with Gasteiger partial charge in [-0.25, -0.2) is 0 Å². The molecule has 0 saturated carbocycles. The van der Waals surface area contributed by atoms with Crippen molar-refractivity contribution < 1.29 is 4.52 Å². The van der Waals surface area contributed by atoms with Crippen LogP contribution in [-0.2, 0) is 0 Å². The molecule has 2 heterocycles. The normalized spacial score (nSPS) is 25.3. The van der Waals surface area contributed by atoms with Gasteiger partial charge in [0.05, 0.1) is 11.4 Å². The third kappa shape index (κ3) is 1.57. The van der Waals surface area contributed by atoms with E-state index in [1.165, 1.54) is 0 Å². The molecule has 0 aliphatic carbocycles. The van der Waals surface area contributed by atoms with E-state index >= 15 is 0 Å². The van der Waals surface area contributed by atoms with Gasteiger partial charge in [-0.05, 0) is 0 Å². The number of aromatic nitrogens is 1. The van der Waals surface area contributed by atoms with E-state index in [0.29, 0.717) is 5.25 Å². The highest BCUT2D eigenvalue weighted by Crippen LogP contribution is 2.29. The minimum atomic E-state index is 0.464. The Morgan fingerprint density at radius 1 is 1.73 bits per heavy atom. The van der Waals surface area contributed by atoms with Crippen LogP contribution in [0.3, 0.4) is 0 Å². The van der Waals surface area contributed by atoms with Gasteiger partial charge in [-0.2, -0.15) is 0 Å². The molecule has 0 spiro atoms. The van der Waals surface area contributed by atoms with E-state index in [0.717, 1.165) is 24.6 Å².